The Hall–Kier alpha value is -2.70. The van der Waals surface area contributed by atoms with Crippen LogP contribution in [0.15, 0.2) is 30.5 Å². The van der Waals surface area contributed by atoms with E-state index in [0.29, 0.717) is 6.04 Å². The van der Waals surface area contributed by atoms with Crippen molar-refractivity contribution in [3.05, 3.63) is 47.3 Å². The molecule has 4 nitrogen and oxygen atoms in total. The van der Waals surface area contributed by atoms with Crippen LogP contribution in [0, 0.1) is 13.8 Å². The van der Waals surface area contributed by atoms with E-state index in [2.05, 4.69) is 40.3 Å². The van der Waals surface area contributed by atoms with Gasteiger partial charge in [0.05, 0.1) is 5.52 Å². The fraction of sp³-hybridized carbons (Fsp3) is 0.435. The number of halogens is 3. The second kappa shape index (κ2) is 7.52. The summed E-state index contributed by atoms with van der Waals surface area (Å²) in [5.74, 6) is 0.673. The molecule has 0 saturated carbocycles. The molecule has 3 aromatic rings. The summed E-state index contributed by atoms with van der Waals surface area (Å²) >= 11 is 0. The minimum atomic E-state index is -4.70. The molecular weight excluding hydrogens is 391 g/mol. The van der Waals surface area contributed by atoms with E-state index < -0.39 is 6.36 Å². The Bertz CT molecular complexity index is 1080. The van der Waals surface area contributed by atoms with Crippen molar-refractivity contribution >= 4 is 22.4 Å². The van der Waals surface area contributed by atoms with E-state index in [4.69, 9.17) is 4.98 Å². The molecule has 0 bridgehead atoms. The van der Waals surface area contributed by atoms with Crippen LogP contribution in [0.25, 0.3) is 10.9 Å². The summed E-state index contributed by atoms with van der Waals surface area (Å²) in [6.45, 7) is 8.92. The Labute approximate surface area is 174 Å². The lowest BCUT2D eigenvalue weighted by atomic mass is 10.0. The summed E-state index contributed by atoms with van der Waals surface area (Å²) in [6.07, 6.45) is 0.537. The van der Waals surface area contributed by atoms with Crippen LogP contribution in [-0.2, 0) is 6.42 Å². The van der Waals surface area contributed by atoms with Gasteiger partial charge in [-0.25, -0.2) is 4.98 Å². The SMILES string of the molecule is CCC(CC)n1cc2c3c(nc(C)cc31)N(c1ccc(OC(F)(F)F)cc1C)CC2. The van der Waals surface area contributed by atoms with Gasteiger partial charge in [-0.15, -0.1) is 13.2 Å². The Morgan fingerprint density at radius 2 is 1.87 bits per heavy atom. The van der Waals surface area contributed by atoms with Gasteiger partial charge in [0.1, 0.15) is 11.6 Å². The molecule has 1 aliphatic rings. The van der Waals surface area contributed by atoms with Crippen molar-refractivity contribution in [3.63, 3.8) is 0 Å². The molecule has 0 aliphatic carbocycles. The fourth-order valence-electron chi connectivity index (χ4n) is 4.52. The molecule has 4 rings (SSSR count). The zero-order valence-electron chi connectivity index (χ0n) is 17.7. The zero-order chi connectivity index (χ0) is 21.6. The summed E-state index contributed by atoms with van der Waals surface area (Å²) in [5.41, 5.74) is 4.96. The van der Waals surface area contributed by atoms with Gasteiger partial charge in [0.2, 0.25) is 0 Å². The van der Waals surface area contributed by atoms with E-state index in [0.717, 1.165) is 54.0 Å². The molecule has 0 amide bonds. The lowest BCUT2D eigenvalue weighted by Crippen LogP contribution is -2.25. The van der Waals surface area contributed by atoms with Crippen molar-refractivity contribution in [1.82, 2.24) is 9.55 Å². The van der Waals surface area contributed by atoms with Crippen molar-refractivity contribution < 1.29 is 17.9 Å². The third-order valence-corrected chi connectivity index (χ3v) is 5.89. The smallest absolute Gasteiger partial charge is 0.406 e. The number of pyridine rings is 1. The molecule has 160 valence electrons. The normalized spacial score (nSPS) is 14.1. The monoisotopic (exact) mass is 417 g/mol. The minimum Gasteiger partial charge on any atom is -0.406 e. The number of hydrogen-bond donors (Lipinski definition) is 0. The number of aryl methyl sites for hydroxylation is 2. The van der Waals surface area contributed by atoms with E-state index in [1.807, 2.05) is 6.92 Å². The number of hydrogen-bond acceptors (Lipinski definition) is 3. The highest BCUT2D eigenvalue weighted by Gasteiger charge is 2.32. The van der Waals surface area contributed by atoms with Gasteiger partial charge >= 0.3 is 6.36 Å². The van der Waals surface area contributed by atoms with Gasteiger partial charge in [-0.1, -0.05) is 13.8 Å². The molecule has 2 aromatic heterocycles. The summed E-state index contributed by atoms with van der Waals surface area (Å²) in [6, 6.07) is 7.06. The zero-order valence-corrected chi connectivity index (χ0v) is 17.7. The summed E-state index contributed by atoms with van der Waals surface area (Å²) in [5, 5.41) is 1.15. The van der Waals surface area contributed by atoms with E-state index in [-0.39, 0.29) is 5.75 Å². The van der Waals surface area contributed by atoms with Crippen molar-refractivity contribution in [2.45, 2.75) is 59.4 Å². The molecule has 30 heavy (non-hydrogen) atoms. The third-order valence-electron chi connectivity index (χ3n) is 5.89. The van der Waals surface area contributed by atoms with Gasteiger partial charge < -0.3 is 14.2 Å². The first-order valence-corrected chi connectivity index (χ1v) is 10.4. The second-order valence-corrected chi connectivity index (χ2v) is 7.91. The third kappa shape index (κ3) is 3.61. The average molecular weight is 417 g/mol. The average Bonchev–Trinajstić information content (AvgIpc) is 3.02. The van der Waals surface area contributed by atoms with Crippen molar-refractivity contribution in [2.75, 3.05) is 11.4 Å². The van der Waals surface area contributed by atoms with Crippen LogP contribution in [0.4, 0.5) is 24.7 Å². The first-order valence-electron chi connectivity index (χ1n) is 10.4. The number of alkyl halides is 3. The van der Waals surface area contributed by atoms with Crippen molar-refractivity contribution in [2.24, 2.45) is 0 Å². The number of nitrogens with zero attached hydrogens (tertiary/aromatic N) is 3. The Kier molecular flexibility index (Phi) is 5.16. The van der Waals surface area contributed by atoms with Crippen molar-refractivity contribution in [3.8, 4) is 5.75 Å². The highest BCUT2D eigenvalue weighted by molar-refractivity contribution is 5.97. The Balaban J connectivity index is 1.81. The molecule has 0 radical (unpaired) electrons. The van der Waals surface area contributed by atoms with Gasteiger partial charge in [0, 0.05) is 35.6 Å². The lowest BCUT2D eigenvalue weighted by molar-refractivity contribution is -0.274. The second-order valence-electron chi connectivity index (χ2n) is 7.91. The molecule has 0 atom stereocenters. The van der Waals surface area contributed by atoms with Gasteiger partial charge in [-0.2, -0.15) is 0 Å². The molecule has 0 unspecified atom stereocenters. The lowest BCUT2D eigenvalue weighted by Gasteiger charge is -2.30. The molecule has 0 fully saturated rings. The van der Waals surface area contributed by atoms with Gasteiger partial charge in [0.15, 0.2) is 0 Å². The Morgan fingerprint density at radius 1 is 1.13 bits per heavy atom. The number of rotatable bonds is 5. The number of aromatic nitrogens is 2. The van der Waals surface area contributed by atoms with E-state index in [1.54, 1.807) is 13.0 Å². The highest BCUT2D eigenvalue weighted by Crippen LogP contribution is 2.41. The Morgan fingerprint density at radius 3 is 2.50 bits per heavy atom. The number of ether oxygens (including phenoxy) is 1. The maximum atomic E-state index is 12.6. The maximum absolute atomic E-state index is 12.6. The highest BCUT2D eigenvalue weighted by atomic mass is 19.4. The van der Waals surface area contributed by atoms with Gasteiger partial charge in [0.25, 0.3) is 0 Å². The number of anilines is 2. The first-order chi connectivity index (χ1) is 14.2. The van der Waals surface area contributed by atoms with E-state index in [9.17, 15) is 13.2 Å². The van der Waals surface area contributed by atoms with Crippen LogP contribution < -0.4 is 9.64 Å². The van der Waals surface area contributed by atoms with E-state index in [1.165, 1.54) is 23.2 Å². The largest absolute Gasteiger partial charge is 0.573 e. The fourth-order valence-corrected chi connectivity index (χ4v) is 4.52. The maximum Gasteiger partial charge on any atom is 0.573 e. The molecule has 1 aliphatic heterocycles. The molecule has 0 saturated heterocycles. The number of benzene rings is 1. The van der Waals surface area contributed by atoms with Crippen molar-refractivity contribution in [1.29, 1.82) is 0 Å². The van der Waals surface area contributed by atoms with Crippen LogP contribution in [0.1, 0.15) is 49.6 Å². The van der Waals surface area contributed by atoms with E-state index >= 15 is 0 Å². The molecule has 0 N–H and O–H groups in total. The summed E-state index contributed by atoms with van der Waals surface area (Å²) in [7, 11) is 0. The predicted molar refractivity (Wildman–Crippen MR) is 113 cm³/mol. The molecular formula is C23H26F3N3O. The summed E-state index contributed by atoms with van der Waals surface area (Å²) < 4.78 is 44.2. The van der Waals surface area contributed by atoms with Crippen LogP contribution in [0.5, 0.6) is 5.75 Å². The minimum absolute atomic E-state index is 0.205. The molecule has 0 spiro atoms. The standard InChI is InChI=1S/C23H26F3N3O/c1-5-17(6-2)29-13-16-9-10-28(22-21(16)20(29)12-15(4)27-22)19-8-7-18(11-14(19)3)30-23(24,25)26/h7-8,11-13,17H,5-6,9-10H2,1-4H3. The molecule has 1 aromatic carbocycles. The quantitative estimate of drug-likeness (QED) is 0.468. The first kappa shape index (κ1) is 20.6. The summed E-state index contributed by atoms with van der Waals surface area (Å²) in [4.78, 5) is 6.96. The van der Waals surface area contributed by atoms with Crippen LogP contribution in [0.3, 0.4) is 0 Å². The van der Waals surface area contributed by atoms with Crippen LogP contribution >= 0.6 is 0 Å². The predicted octanol–water partition coefficient (Wildman–Crippen LogP) is 6.61. The molecule has 3 heterocycles. The topological polar surface area (TPSA) is 30.3 Å². The van der Waals surface area contributed by atoms with Gasteiger partial charge in [-0.05, 0) is 68.5 Å². The molecule has 7 heteroatoms. The van der Waals surface area contributed by atoms with Crippen LogP contribution in [-0.4, -0.2) is 22.5 Å². The van der Waals surface area contributed by atoms with Crippen LogP contribution in [0.2, 0.25) is 0 Å². The van der Waals surface area contributed by atoms with Gasteiger partial charge in [-0.3, -0.25) is 0 Å².